The van der Waals surface area contributed by atoms with E-state index in [0.717, 1.165) is 34.0 Å². The molecule has 57 heavy (non-hydrogen) atoms. The molecule has 0 radical (unpaired) electrons. The maximum absolute atomic E-state index is 2.45. The third-order valence-electron chi connectivity index (χ3n) is 11.3. The monoisotopic (exact) mass is 727 g/mol. The van der Waals surface area contributed by atoms with Crippen LogP contribution in [0.3, 0.4) is 0 Å². The number of anilines is 3. The Hall–Kier alpha value is -7.62. The quantitative estimate of drug-likeness (QED) is 0.159. The molecule has 2 heterocycles. The van der Waals surface area contributed by atoms with E-state index in [4.69, 9.17) is 0 Å². The summed E-state index contributed by atoms with van der Waals surface area (Å²) in [6, 6.07) is 81.1. The second-order valence-electron chi connectivity index (χ2n) is 14.5. The van der Waals surface area contributed by atoms with E-state index in [1.807, 2.05) is 0 Å². The van der Waals surface area contributed by atoms with Gasteiger partial charge in [-0.05, 0) is 89.5 Å². The van der Waals surface area contributed by atoms with Crippen molar-refractivity contribution in [3.63, 3.8) is 0 Å². The number of nitrogens with zero attached hydrogens (tertiary/aromatic N) is 3. The molecule has 0 spiro atoms. The number of para-hydroxylation sites is 4. The van der Waals surface area contributed by atoms with E-state index in [2.05, 4.69) is 238 Å². The summed E-state index contributed by atoms with van der Waals surface area (Å²) in [6.45, 7) is 0. The predicted molar refractivity (Wildman–Crippen MR) is 241 cm³/mol. The Balaban J connectivity index is 1.11. The summed E-state index contributed by atoms with van der Waals surface area (Å²) in [5.74, 6) is 0. The maximum atomic E-state index is 2.45. The van der Waals surface area contributed by atoms with Crippen molar-refractivity contribution in [2.75, 3.05) is 4.90 Å². The van der Waals surface area contributed by atoms with Crippen molar-refractivity contribution in [1.29, 1.82) is 0 Å². The summed E-state index contributed by atoms with van der Waals surface area (Å²) in [5, 5.41) is 4.94. The summed E-state index contributed by atoms with van der Waals surface area (Å²) in [4.78, 5) is 2.45. The fourth-order valence-electron chi connectivity index (χ4n) is 8.79. The van der Waals surface area contributed by atoms with Gasteiger partial charge in [0.15, 0.2) is 0 Å². The van der Waals surface area contributed by atoms with E-state index in [0.29, 0.717) is 0 Å². The van der Waals surface area contributed by atoms with Crippen LogP contribution >= 0.6 is 0 Å². The Bertz CT molecular complexity index is 3160. The third-order valence-corrected chi connectivity index (χ3v) is 11.3. The zero-order chi connectivity index (χ0) is 37.7. The number of hydrogen-bond acceptors (Lipinski definition) is 1. The van der Waals surface area contributed by atoms with Crippen LogP contribution in [-0.4, -0.2) is 9.13 Å². The molecule has 3 nitrogen and oxygen atoms in total. The zero-order valence-electron chi connectivity index (χ0n) is 31.2. The Morgan fingerprint density at radius 1 is 0.281 bits per heavy atom. The minimum absolute atomic E-state index is 1.10. The SMILES string of the molecule is c1ccc(-c2ccc(N(c3ccccc3-c3ccccc3)c3cccc4c3c3ccccc3n4-c3ccc(-n4c5ccccc5c5ccccc54)cc3)cc2)cc1. The average molecular weight is 728 g/mol. The summed E-state index contributed by atoms with van der Waals surface area (Å²) in [5.41, 5.74) is 15.1. The molecule has 2 aromatic heterocycles. The Labute approximate surface area is 331 Å². The highest BCUT2D eigenvalue weighted by Crippen LogP contribution is 2.46. The lowest BCUT2D eigenvalue weighted by atomic mass is 10.00. The molecule has 3 heteroatoms. The van der Waals surface area contributed by atoms with E-state index in [1.165, 1.54) is 60.3 Å². The van der Waals surface area contributed by atoms with Crippen molar-refractivity contribution >= 4 is 60.7 Å². The zero-order valence-corrected chi connectivity index (χ0v) is 31.2. The third kappa shape index (κ3) is 5.43. The molecule has 9 aromatic carbocycles. The first-order valence-corrected chi connectivity index (χ1v) is 19.5. The maximum Gasteiger partial charge on any atom is 0.0562 e. The van der Waals surface area contributed by atoms with Crippen LogP contribution in [0.5, 0.6) is 0 Å². The van der Waals surface area contributed by atoms with E-state index < -0.39 is 0 Å². The van der Waals surface area contributed by atoms with Gasteiger partial charge in [-0.25, -0.2) is 0 Å². The van der Waals surface area contributed by atoms with Crippen molar-refractivity contribution in [3.8, 4) is 33.6 Å². The first kappa shape index (κ1) is 32.8. The second-order valence-corrected chi connectivity index (χ2v) is 14.5. The molecule has 0 bridgehead atoms. The Morgan fingerprint density at radius 3 is 1.35 bits per heavy atom. The van der Waals surface area contributed by atoms with Crippen LogP contribution < -0.4 is 4.90 Å². The number of hydrogen-bond donors (Lipinski definition) is 0. The van der Waals surface area contributed by atoms with Gasteiger partial charge in [-0.1, -0.05) is 152 Å². The van der Waals surface area contributed by atoms with E-state index in [-0.39, 0.29) is 0 Å². The standard InChI is InChI=1S/C54H37N3/c1-3-16-38(17-4-1)39-30-32-41(33-31-39)56(48-24-11-7-20-44(48)40-18-5-2-6-19-40)52-28-15-29-53-54(52)47-23-10-14-27-51(47)57(53)43-36-34-42(35-37-43)55-49-25-12-8-21-45(49)46-22-9-13-26-50(46)55/h1-37H. The predicted octanol–water partition coefficient (Wildman–Crippen LogP) is 14.7. The topological polar surface area (TPSA) is 13.1 Å². The molecular weight excluding hydrogens is 691 g/mol. The van der Waals surface area contributed by atoms with Crippen molar-refractivity contribution in [2.45, 2.75) is 0 Å². The first-order chi connectivity index (χ1) is 28.3. The molecule has 11 rings (SSSR count). The van der Waals surface area contributed by atoms with Gasteiger partial charge in [-0.2, -0.15) is 0 Å². The highest BCUT2D eigenvalue weighted by molar-refractivity contribution is 6.17. The summed E-state index contributed by atoms with van der Waals surface area (Å²) in [7, 11) is 0. The average Bonchev–Trinajstić information content (AvgIpc) is 3.81. The molecule has 0 saturated heterocycles. The van der Waals surface area contributed by atoms with Crippen molar-refractivity contribution in [3.05, 3.63) is 224 Å². The minimum atomic E-state index is 1.10. The fourth-order valence-corrected chi connectivity index (χ4v) is 8.79. The van der Waals surface area contributed by atoms with Gasteiger partial charge >= 0.3 is 0 Å². The van der Waals surface area contributed by atoms with Crippen LogP contribution in [0.15, 0.2) is 224 Å². The van der Waals surface area contributed by atoms with E-state index in [9.17, 15) is 0 Å². The van der Waals surface area contributed by atoms with Crippen molar-refractivity contribution in [2.24, 2.45) is 0 Å². The first-order valence-electron chi connectivity index (χ1n) is 19.5. The number of aromatic nitrogens is 2. The van der Waals surface area contributed by atoms with Crippen molar-refractivity contribution < 1.29 is 0 Å². The van der Waals surface area contributed by atoms with Crippen molar-refractivity contribution in [1.82, 2.24) is 9.13 Å². The van der Waals surface area contributed by atoms with Gasteiger partial charge in [0, 0.05) is 44.2 Å². The molecular formula is C54H37N3. The van der Waals surface area contributed by atoms with E-state index >= 15 is 0 Å². The molecule has 0 aliphatic heterocycles. The lowest BCUT2D eigenvalue weighted by Crippen LogP contribution is -2.11. The van der Waals surface area contributed by atoms with Gasteiger partial charge < -0.3 is 14.0 Å². The summed E-state index contributed by atoms with van der Waals surface area (Å²) < 4.78 is 4.80. The van der Waals surface area contributed by atoms with Crippen LogP contribution in [0.25, 0.3) is 77.2 Å². The van der Waals surface area contributed by atoms with Crippen LogP contribution in [-0.2, 0) is 0 Å². The van der Waals surface area contributed by atoms with Gasteiger partial charge in [-0.3, -0.25) is 0 Å². The van der Waals surface area contributed by atoms with Gasteiger partial charge in [0.05, 0.1) is 33.4 Å². The molecule has 0 fully saturated rings. The smallest absolute Gasteiger partial charge is 0.0562 e. The molecule has 0 unspecified atom stereocenters. The number of fused-ring (bicyclic) bond motifs is 6. The fraction of sp³-hybridized carbons (Fsp3) is 0. The minimum Gasteiger partial charge on any atom is -0.309 e. The number of benzene rings is 9. The van der Waals surface area contributed by atoms with Gasteiger partial charge in [0.25, 0.3) is 0 Å². The molecule has 268 valence electrons. The lowest BCUT2D eigenvalue weighted by molar-refractivity contribution is 1.14. The second kappa shape index (κ2) is 13.6. The molecule has 0 aliphatic rings. The van der Waals surface area contributed by atoms with Crippen LogP contribution in [0.4, 0.5) is 17.1 Å². The van der Waals surface area contributed by atoms with Crippen LogP contribution in [0.2, 0.25) is 0 Å². The molecule has 0 aliphatic carbocycles. The van der Waals surface area contributed by atoms with Crippen LogP contribution in [0, 0.1) is 0 Å². The Kier molecular flexibility index (Phi) is 7.82. The lowest BCUT2D eigenvalue weighted by Gasteiger charge is -2.29. The number of rotatable bonds is 7. The summed E-state index contributed by atoms with van der Waals surface area (Å²) in [6.07, 6.45) is 0. The molecule has 11 aromatic rings. The van der Waals surface area contributed by atoms with Gasteiger partial charge in [0.2, 0.25) is 0 Å². The molecule has 0 atom stereocenters. The molecule has 0 amide bonds. The summed E-state index contributed by atoms with van der Waals surface area (Å²) >= 11 is 0. The molecule has 0 saturated carbocycles. The van der Waals surface area contributed by atoms with E-state index in [1.54, 1.807) is 0 Å². The van der Waals surface area contributed by atoms with Gasteiger partial charge in [0.1, 0.15) is 0 Å². The Morgan fingerprint density at radius 2 is 0.719 bits per heavy atom. The highest BCUT2D eigenvalue weighted by Gasteiger charge is 2.23. The molecule has 0 N–H and O–H groups in total. The highest BCUT2D eigenvalue weighted by atomic mass is 15.2. The van der Waals surface area contributed by atoms with Crippen LogP contribution in [0.1, 0.15) is 0 Å². The largest absolute Gasteiger partial charge is 0.309 e. The normalized spacial score (nSPS) is 11.5. The van der Waals surface area contributed by atoms with Gasteiger partial charge in [-0.15, -0.1) is 0 Å².